The highest BCUT2D eigenvalue weighted by Crippen LogP contribution is 2.31. The van der Waals surface area contributed by atoms with Gasteiger partial charge in [0.1, 0.15) is 6.04 Å². The summed E-state index contributed by atoms with van der Waals surface area (Å²) in [7, 11) is 1.31. The van der Waals surface area contributed by atoms with Crippen LogP contribution in [0.4, 0.5) is 5.69 Å². The first-order valence-corrected chi connectivity index (χ1v) is 9.62. The predicted molar refractivity (Wildman–Crippen MR) is 108 cm³/mol. The van der Waals surface area contributed by atoms with Crippen molar-refractivity contribution < 1.29 is 19.1 Å². The molecule has 2 aromatic carbocycles. The van der Waals surface area contributed by atoms with Gasteiger partial charge in [0.2, 0.25) is 11.8 Å². The van der Waals surface area contributed by atoms with E-state index < -0.39 is 17.9 Å². The van der Waals surface area contributed by atoms with Crippen LogP contribution in [0.2, 0.25) is 0 Å². The number of nitrogens with one attached hydrogen (secondary N) is 1. The molecule has 3 rings (SSSR count). The van der Waals surface area contributed by atoms with E-state index in [9.17, 15) is 14.4 Å². The maximum atomic E-state index is 12.8. The average molecular weight is 382 g/mol. The van der Waals surface area contributed by atoms with Gasteiger partial charge in [0, 0.05) is 18.4 Å². The molecule has 6 nitrogen and oxygen atoms in total. The van der Waals surface area contributed by atoms with Crippen molar-refractivity contribution in [1.82, 2.24) is 5.32 Å². The number of hydrogen-bond acceptors (Lipinski definition) is 4. The Morgan fingerprint density at radius 2 is 1.93 bits per heavy atom. The van der Waals surface area contributed by atoms with E-state index in [1.165, 1.54) is 7.11 Å². The van der Waals surface area contributed by atoms with Crippen LogP contribution in [-0.4, -0.2) is 37.5 Å². The van der Waals surface area contributed by atoms with Gasteiger partial charge in [-0.15, -0.1) is 0 Å². The van der Waals surface area contributed by atoms with Crippen molar-refractivity contribution in [2.45, 2.75) is 32.7 Å². The maximum Gasteiger partial charge on any atom is 0.328 e. The standard InChI is InChI=1S/C22H26N2O4/c1-4-14(2)20(22(27)28-3)23-21(26)16-12-19(25)24(13-16)18-11-7-9-15-8-5-6-10-17(15)18/h5-11,14,16,20H,4,12-13H2,1-3H3,(H,23,26). The molecule has 0 radical (unpaired) electrons. The van der Waals surface area contributed by atoms with Gasteiger partial charge in [0.15, 0.2) is 0 Å². The van der Waals surface area contributed by atoms with E-state index in [0.29, 0.717) is 6.54 Å². The second-order valence-corrected chi connectivity index (χ2v) is 7.30. The molecule has 3 unspecified atom stereocenters. The van der Waals surface area contributed by atoms with Crippen LogP contribution in [0.5, 0.6) is 0 Å². The fourth-order valence-electron chi connectivity index (χ4n) is 3.63. The molecule has 1 N–H and O–H groups in total. The third-order valence-electron chi connectivity index (χ3n) is 5.52. The van der Waals surface area contributed by atoms with Crippen LogP contribution in [0.25, 0.3) is 10.8 Å². The zero-order chi connectivity index (χ0) is 20.3. The van der Waals surface area contributed by atoms with E-state index in [-0.39, 0.29) is 24.2 Å². The Morgan fingerprint density at radius 1 is 1.21 bits per heavy atom. The molecular weight excluding hydrogens is 356 g/mol. The fourth-order valence-corrected chi connectivity index (χ4v) is 3.63. The second kappa shape index (κ2) is 8.42. The van der Waals surface area contributed by atoms with E-state index in [0.717, 1.165) is 22.9 Å². The van der Waals surface area contributed by atoms with Gasteiger partial charge in [-0.2, -0.15) is 0 Å². The molecule has 6 heteroatoms. The summed E-state index contributed by atoms with van der Waals surface area (Å²) in [6.07, 6.45) is 0.856. The Balaban J connectivity index is 1.78. The van der Waals surface area contributed by atoms with Gasteiger partial charge in [0.05, 0.1) is 18.7 Å². The third kappa shape index (κ3) is 3.86. The maximum absolute atomic E-state index is 12.8. The van der Waals surface area contributed by atoms with Gasteiger partial charge in [0.25, 0.3) is 0 Å². The number of carbonyl (C=O) groups is 3. The number of ether oxygens (including phenoxy) is 1. The number of rotatable bonds is 6. The van der Waals surface area contributed by atoms with Crippen molar-refractivity contribution in [3.05, 3.63) is 42.5 Å². The summed E-state index contributed by atoms with van der Waals surface area (Å²) >= 11 is 0. The van der Waals surface area contributed by atoms with Crippen LogP contribution in [0.3, 0.4) is 0 Å². The zero-order valence-corrected chi connectivity index (χ0v) is 16.5. The number of anilines is 1. The van der Waals surface area contributed by atoms with Crippen LogP contribution in [0.1, 0.15) is 26.7 Å². The van der Waals surface area contributed by atoms with Gasteiger partial charge in [-0.3, -0.25) is 9.59 Å². The summed E-state index contributed by atoms with van der Waals surface area (Å²) in [6, 6.07) is 13.0. The number of fused-ring (bicyclic) bond motifs is 1. The smallest absolute Gasteiger partial charge is 0.328 e. The van der Waals surface area contributed by atoms with Gasteiger partial charge in [-0.1, -0.05) is 56.7 Å². The highest BCUT2D eigenvalue weighted by Gasteiger charge is 2.38. The Hall–Kier alpha value is -2.89. The highest BCUT2D eigenvalue weighted by atomic mass is 16.5. The van der Waals surface area contributed by atoms with E-state index in [2.05, 4.69) is 5.32 Å². The monoisotopic (exact) mass is 382 g/mol. The molecule has 0 spiro atoms. The molecular formula is C22H26N2O4. The molecule has 0 bridgehead atoms. The first kappa shape index (κ1) is 19.9. The van der Waals surface area contributed by atoms with Crippen LogP contribution < -0.4 is 10.2 Å². The summed E-state index contributed by atoms with van der Waals surface area (Å²) < 4.78 is 4.83. The Morgan fingerprint density at radius 3 is 2.64 bits per heavy atom. The Labute approximate surface area is 164 Å². The van der Waals surface area contributed by atoms with Crippen molar-refractivity contribution >= 4 is 34.2 Å². The Kier molecular flexibility index (Phi) is 5.97. The van der Waals surface area contributed by atoms with Crippen molar-refractivity contribution in [3.8, 4) is 0 Å². The molecule has 1 aliphatic rings. The van der Waals surface area contributed by atoms with E-state index in [1.54, 1.807) is 4.90 Å². The first-order valence-electron chi connectivity index (χ1n) is 9.62. The van der Waals surface area contributed by atoms with Crippen LogP contribution >= 0.6 is 0 Å². The molecule has 2 aromatic rings. The van der Waals surface area contributed by atoms with Gasteiger partial charge in [-0.05, 0) is 17.4 Å². The molecule has 0 saturated carbocycles. The number of amides is 2. The fraction of sp³-hybridized carbons (Fsp3) is 0.409. The molecule has 3 atom stereocenters. The number of carbonyl (C=O) groups excluding carboxylic acids is 3. The predicted octanol–water partition coefficient (Wildman–Crippen LogP) is 2.90. The number of esters is 1. The number of nitrogens with zero attached hydrogens (tertiary/aromatic N) is 1. The lowest BCUT2D eigenvalue weighted by atomic mass is 9.98. The van der Waals surface area contributed by atoms with Gasteiger partial charge < -0.3 is 15.0 Å². The molecule has 1 aliphatic heterocycles. The highest BCUT2D eigenvalue weighted by molar-refractivity contribution is 6.07. The van der Waals surface area contributed by atoms with E-state index in [4.69, 9.17) is 4.74 Å². The summed E-state index contributed by atoms with van der Waals surface area (Å²) in [5.41, 5.74) is 0.810. The number of hydrogen-bond donors (Lipinski definition) is 1. The molecule has 148 valence electrons. The minimum Gasteiger partial charge on any atom is -0.467 e. The third-order valence-corrected chi connectivity index (χ3v) is 5.52. The van der Waals surface area contributed by atoms with E-state index >= 15 is 0 Å². The zero-order valence-electron chi connectivity index (χ0n) is 16.5. The van der Waals surface area contributed by atoms with Crippen molar-refractivity contribution in [1.29, 1.82) is 0 Å². The number of methoxy groups -OCH3 is 1. The molecule has 1 heterocycles. The van der Waals surface area contributed by atoms with Crippen LogP contribution in [0.15, 0.2) is 42.5 Å². The Bertz CT molecular complexity index is 890. The minimum absolute atomic E-state index is 0.0531. The summed E-state index contributed by atoms with van der Waals surface area (Å²) in [5, 5.41) is 4.82. The molecule has 1 fully saturated rings. The summed E-state index contributed by atoms with van der Waals surface area (Å²) in [4.78, 5) is 39.2. The summed E-state index contributed by atoms with van der Waals surface area (Å²) in [5.74, 6) is -1.38. The van der Waals surface area contributed by atoms with Gasteiger partial charge >= 0.3 is 5.97 Å². The molecule has 0 aromatic heterocycles. The first-order chi connectivity index (χ1) is 13.5. The van der Waals surface area contributed by atoms with Crippen molar-refractivity contribution in [3.63, 3.8) is 0 Å². The molecule has 2 amide bonds. The topological polar surface area (TPSA) is 75.7 Å². The SMILES string of the molecule is CCC(C)C(NC(=O)C1CC(=O)N(c2cccc3ccccc23)C1)C(=O)OC. The summed E-state index contributed by atoms with van der Waals surface area (Å²) in [6.45, 7) is 4.14. The molecule has 0 aliphatic carbocycles. The number of benzene rings is 2. The second-order valence-electron chi connectivity index (χ2n) is 7.30. The van der Waals surface area contributed by atoms with Crippen LogP contribution in [-0.2, 0) is 19.1 Å². The normalized spacial score (nSPS) is 18.8. The van der Waals surface area contributed by atoms with Gasteiger partial charge in [-0.25, -0.2) is 4.79 Å². The lowest BCUT2D eigenvalue weighted by molar-refractivity contribution is -0.147. The van der Waals surface area contributed by atoms with Crippen molar-refractivity contribution in [2.24, 2.45) is 11.8 Å². The molecule has 1 saturated heterocycles. The lowest BCUT2D eigenvalue weighted by Gasteiger charge is -2.23. The lowest BCUT2D eigenvalue weighted by Crippen LogP contribution is -2.48. The molecule has 28 heavy (non-hydrogen) atoms. The van der Waals surface area contributed by atoms with Crippen LogP contribution in [0, 0.1) is 11.8 Å². The minimum atomic E-state index is -0.704. The average Bonchev–Trinajstić information content (AvgIpc) is 3.11. The largest absolute Gasteiger partial charge is 0.467 e. The van der Waals surface area contributed by atoms with Crippen molar-refractivity contribution in [2.75, 3.05) is 18.6 Å². The quantitative estimate of drug-likeness (QED) is 0.780. The van der Waals surface area contributed by atoms with E-state index in [1.807, 2.05) is 56.3 Å².